The molecule has 0 unspecified atom stereocenters. The highest BCUT2D eigenvalue weighted by Gasteiger charge is 1.98. The molecule has 14 heavy (non-hydrogen) atoms. The molecule has 1 rings (SSSR count). The Morgan fingerprint density at radius 2 is 2.21 bits per heavy atom. The normalized spacial score (nSPS) is 11.1. The van der Waals surface area contributed by atoms with Crippen molar-refractivity contribution in [3.05, 3.63) is 41.2 Å². The Kier molecular flexibility index (Phi) is 4.63. The van der Waals surface area contributed by atoms with Crippen LogP contribution in [0.2, 0.25) is 0 Å². The van der Waals surface area contributed by atoms with Gasteiger partial charge < -0.3 is 5.73 Å². The molecular formula is C11H13ClFN. The van der Waals surface area contributed by atoms with Crippen molar-refractivity contribution in [2.75, 3.05) is 5.88 Å². The Bertz CT molecular complexity index is 323. The molecule has 0 heterocycles. The van der Waals surface area contributed by atoms with Crippen molar-refractivity contribution in [3.8, 4) is 0 Å². The Morgan fingerprint density at radius 1 is 1.43 bits per heavy atom. The monoisotopic (exact) mass is 213 g/mol. The summed E-state index contributed by atoms with van der Waals surface area (Å²) in [5.41, 5.74) is 7.27. The molecule has 0 aliphatic heterocycles. The highest BCUT2D eigenvalue weighted by Crippen LogP contribution is 2.12. The molecule has 0 radical (unpaired) electrons. The van der Waals surface area contributed by atoms with Crippen molar-refractivity contribution in [1.82, 2.24) is 0 Å². The molecular weight excluding hydrogens is 201 g/mol. The van der Waals surface area contributed by atoms with Crippen molar-refractivity contribution in [1.29, 1.82) is 0 Å². The third-order valence-corrected chi connectivity index (χ3v) is 2.12. The second-order valence-corrected chi connectivity index (χ2v) is 3.31. The average molecular weight is 214 g/mol. The molecule has 0 aromatic heterocycles. The van der Waals surface area contributed by atoms with Gasteiger partial charge in [-0.1, -0.05) is 18.2 Å². The van der Waals surface area contributed by atoms with Gasteiger partial charge >= 0.3 is 0 Å². The van der Waals surface area contributed by atoms with Crippen LogP contribution in [0.5, 0.6) is 0 Å². The summed E-state index contributed by atoms with van der Waals surface area (Å²) < 4.78 is 12.8. The van der Waals surface area contributed by atoms with E-state index in [1.807, 2.05) is 12.2 Å². The number of rotatable bonds is 4. The first-order valence-electron chi connectivity index (χ1n) is 4.49. The standard InChI is InChI=1S/C11H13ClFN/c12-6-2-1-3-9-4-5-11(13)7-10(9)8-14/h1,3-5,7H,2,6,8,14H2. The fraction of sp³-hybridized carbons (Fsp3) is 0.273. The van der Waals surface area contributed by atoms with Gasteiger partial charge in [-0.2, -0.15) is 0 Å². The zero-order chi connectivity index (χ0) is 10.4. The zero-order valence-corrected chi connectivity index (χ0v) is 8.60. The molecule has 1 nitrogen and oxygen atoms in total. The Morgan fingerprint density at radius 3 is 2.86 bits per heavy atom. The van der Waals surface area contributed by atoms with Gasteiger partial charge in [-0.05, 0) is 29.7 Å². The van der Waals surface area contributed by atoms with E-state index in [0.29, 0.717) is 12.4 Å². The van der Waals surface area contributed by atoms with Crippen LogP contribution in [0.3, 0.4) is 0 Å². The van der Waals surface area contributed by atoms with Gasteiger partial charge in [-0.15, -0.1) is 11.6 Å². The van der Waals surface area contributed by atoms with Crippen LogP contribution in [0.15, 0.2) is 24.3 Å². The number of hydrogen-bond donors (Lipinski definition) is 1. The molecule has 0 aliphatic carbocycles. The molecule has 76 valence electrons. The fourth-order valence-corrected chi connectivity index (χ4v) is 1.31. The highest BCUT2D eigenvalue weighted by molar-refractivity contribution is 6.17. The maximum Gasteiger partial charge on any atom is 0.123 e. The summed E-state index contributed by atoms with van der Waals surface area (Å²) in [6.45, 7) is 0.346. The van der Waals surface area contributed by atoms with E-state index in [4.69, 9.17) is 17.3 Å². The topological polar surface area (TPSA) is 26.0 Å². The molecule has 3 heteroatoms. The lowest BCUT2D eigenvalue weighted by atomic mass is 10.1. The minimum absolute atomic E-state index is 0.250. The van der Waals surface area contributed by atoms with Crippen molar-refractivity contribution >= 4 is 17.7 Å². The van der Waals surface area contributed by atoms with Crippen LogP contribution in [0, 0.1) is 5.82 Å². The van der Waals surface area contributed by atoms with E-state index in [0.717, 1.165) is 17.5 Å². The van der Waals surface area contributed by atoms with Crippen LogP contribution >= 0.6 is 11.6 Å². The number of benzene rings is 1. The number of allylic oxidation sites excluding steroid dienone is 1. The summed E-state index contributed by atoms with van der Waals surface area (Å²) in [7, 11) is 0. The van der Waals surface area contributed by atoms with Crippen LogP contribution in [0.4, 0.5) is 4.39 Å². The lowest BCUT2D eigenvalue weighted by molar-refractivity contribution is 0.625. The molecule has 0 atom stereocenters. The molecule has 1 aromatic carbocycles. The van der Waals surface area contributed by atoms with Crippen LogP contribution in [0.1, 0.15) is 17.5 Å². The predicted octanol–water partition coefficient (Wildman–Crippen LogP) is 2.93. The first kappa shape index (κ1) is 11.2. The van der Waals surface area contributed by atoms with Crippen LogP contribution in [-0.2, 0) is 6.54 Å². The summed E-state index contributed by atoms with van der Waals surface area (Å²) in [5, 5.41) is 0. The van der Waals surface area contributed by atoms with Crippen molar-refractivity contribution in [2.45, 2.75) is 13.0 Å². The summed E-state index contributed by atoms with van der Waals surface area (Å²) in [6.07, 6.45) is 4.69. The first-order chi connectivity index (χ1) is 6.77. The largest absolute Gasteiger partial charge is 0.326 e. The van der Waals surface area contributed by atoms with E-state index >= 15 is 0 Å². The highest BCUT2D eigenvalue weighted by atomic mass is 35.5. The molecule has 1 aromatic rings. The number of hydrogen-bond acceptors (Lipinski definition) is 1. The van der Waals surface area contributed by atoms with Gasteiger partial charge in [0.05, 0.1) is 0 Å². The van der Waals surface area contributed by atoms with Crippen LogP contribution in [0.25, 0.3) is 6.08 Å². The number of halogens is 2. The lowest BCUT2D eigenvalue weighted by Crippen LogP contribution is -1.99. The summed E-state index contributed by atoms with van der Waals surface area (Å²) in [6, 6.07) is 4.61. The fourth-order valence-electron chi connectivity index (χ4n) is 1.19. The summed E-state index contributed by atoms with van der Waals surface area (Å²) in [4.78, 5) is 0. The van der Waals surface area contributed by atoms with Crippen LogP contribution < -0.4 is 5.73 Å². The van der Waals surface area contributed by atoms with E-state index in [1.165, 1.54) is 12.1 Å². The molecule has 2 N–H and O–H groups in total. The second-order valence-electron chi connectivity index (χ2n) is 2.93. The van der Waals surface area contributed by atoms with Gasteiger partial charge in [-0.25, -0.2) is 4.39 Å². The predicted molar refractivity (Wildman–Crippen MR) is 58.7 cm³/mol. The van der Waals surface area contributed by atoms with E-state index in [2.05, 4.69) is 0 Å². The summed E-state index contributed by atoms with van der Waals surface area (Å²) in [5.74, 6) is 0.343. The SMILES string of the molecule is NCc1cc(F)ccc1C=CCCCl. The first-order valence-corrected chi connectivity index (χ1v) is 5.02. The van der Waals surface area contributed by atoms with Crippen LogP contribution in [-0.4, -0.2) is 5.88 Å². The van der Waals surface area contributed by atoms with E-state index in [1.54, 1.807) is 6.07 Å². The Balaban J connectivity index is 2.85. The molecule has 0 saturated heterocycles. The average Bonchev–Trinajstić information content (AvgIpc) is 2.20. The van der Waals surface area contributed by atoms with Crippen molar-refractivity contribution in [3.63, 3.8) is 0 Å². The van der Waals surface area contributed by atoms with Gasteiger partial charge in [0.15, 0.2) is 0 Å². The molecule has 0 spiro atoms. The Hall–Kier alpha value is -0.860. The molecule has 0 fully saturated rings. The quantitative estimate of drug-likeness (QED) is 0.765. The lowest BCUT2D eigenvalue weighted by Gasteiger charge is -2.02. The third kappa shape index (κ3) is 3.13. The molecule has 0 amide bonds. The van der Waals surface area contributed by atoms with Crippen molar-refractivity contribution < 1.29 is 4.39 Å². The number of nitrogens with two attached hydrogens (primary N) is 1. The minimum atomic E-state index is -0.250. The maximum atomic E-state index is 12.8. The Labute approximate surface area is 88.4 Å². The van der Waals surface area contributed by atoms with E-state index in [-0.39, 0.29) is 5.82 Å². The van der Waals surface area contributed by atoms with Gasteiger partial charge in [0.25, 0.3) is 0 Å². The zero-order valence-electron chi connectivity index (χ0n) is 7.84. The molecule has 0 bridgehead atoms. The minimum Gasteiger partial charge on any atom is -0.326 e. The third-order valence-electron chi connectivity index (χ3n) is 1.90. The van der Waals surface area contributed by atoms with Gasteiger partial charge in [0, 0.05) is 12.4 Å². The van der Waals surface area contributed by atoms with Gasteiger partial charge in [0.2, 0.25) is 0 Å². The van der Waals surface area contributed by atoms with Crippen molar-refractivity contribution in [2.24, 2.45) is 5.73 Å². The maximum absolute atomic E-state index is 12.8. The number of alkyl halides is 1. The molecule has 0 aliphatic rings. The molecule has 0 saturated carbocycles. The van der Waals surface area contributed by atoms with E-state index in [9.17, 15) is 4.39 Å². The summed E-state index contributed by atoms with van der Waals surface area (Å²) >= 11 is 5.53. The second kappa shape index (κ2) is 5.78. The van der Waals surface area contributed by atoms with E-state index < -0.39 is 0 Å². The van der Waals surface area contributed by atoms with Gasteiger partial charge in [0.1, 0.15) is 5.82 Å². The smallest absolute Gasteiger partial charge is 0.123 e. The van der Waals surface area contributed by atoms with Gasteiger partial charge in [-0.3, -0.25) is 0 Å².